The van der Waals surface area contributed by atoms with Crippen LogP contribution in [0.3, 0.4) is 0 Å². The number of nitriles is 1. The maximum absolute atomic E-state index is 10.2. The van der Waals surface area contributed by atoms with Crippen LogP contribution in [0.15, 0.2) is 12.3 Å². The first-order chi connectivity index (χ1) is 12.6. The number of aromatic nitrogens is 3. The van der Waals surface area contributed by atoms with E-state index in [0.717, 1.165) is 48.2 Å². The van der Waals surface area contributed by atoms with Gasteiger partial charge in [0, 0.05) is 29.9 Å². The van der Waals surface area contributed by atoms with E-state index in [2.05, 4.69) is 18.1 Å². The van der Waals surface area contributed by atoms with Gasteiger partial charge in [0.05, 0.1) is 17.0 Å². The lowest BCUT2D eigenvalue weighted by atomic mass is 9.71. The van der Waals surface area contributed by atoms with Gasteiger partial charge in [0.2, 0.25) is 0 Å². The van der Waals surface area contributed by atoms with E-state index >= 15 is 0 Å². The highest BCUT2D eigenvalue weighted by molar-refractivity contribution is 5.74. The molecule has 2 aromatic rings. The number of rotatable bonds is 2. The Morgan fingerprint density at radius 3 is 2.50 bits per heavy atom. The van der Waals surface area contributed by atoms with Crippen molar-refractivity contribution in [2.75, 3.05) is 0 Å². The number of nitrogens with zero attached hydrogens (tertiary/aromatic N) is 4. The average Bonchev–Trinajstić information content (AvgIpc) is 2.92. The van der Waals surface area contributed by atoms with Gasteiger partial charge in [-0.25, -0.2) is 0 Å². The summed E-state index contributed by atoms with van der Waals surface area (Å²) < 4.78 is 1.91. The van der Waals surface area contributed by atoms with Crippen molar-refractivity contribution >= 4 is 0 Å². The van der Waals surface area contributed by atoms with Crippen molar-refractivity contribution in [2.24, 2.45) is 7.05 Å². The molecule has 26 heavy (non-hydrogen) atoms. The Labute approximate surface area is 156 Å². The third-order valence-corrected chi connectivity index (χ3v) is 6.44. The second-order valence-corrected chi connectivity index (χ2v) is 8.27. The molecule has 0 bridgehead atoms. The summed E-state index contributed by atoms with van der Waals surface area (Å²) in [7, 11) is 1.97. The minimum absolute atomic E-state index is 0.0258. The van der Waals surface area contributed by atoms with Crippen molar-refractivity contribution in [1.29, 1.82) is 5.26 Å². The summed E-state index contributed by atoms with van der Waals surface area (Å²) in [6.07, 6.45) is 13.6. The minimum Gasteiger partial charge on any atom is -0.268 e. The molecule has 136 valence electrons. The summed E-state index contributed by atoms with van der Waals surface area (Å²) in [5, 5.41) is 14.6. The Kier molecular flexibility index (Phi) is 4.56. The molecule has 0 saturated heterocycles. The standard InChI is InChI=1S/C22H28N4/c1-22(12-7-4-8-13-22)21-17(15-23)20(19-11-14-24-26(19)2)16-9-5-3-6-10-18(16)25-21/h11,14H,3-10,12-13H2,1-2H3. The summed E-state index contributed by atoms with van der Waals surface area (Å²) >= 11 is 0. The number of fused-ring (bicyclic) bond motifs is 1. The van der Waals surface area contributed by atoms with E-state index in [1.165, 1.54) is 49.8 Å². The van der Waals surface area contributed by atoms with Crippen molar-refractivity contribution in [2.45, 2.75) is 76.5 Å². The highest BCUT2D eigenvalue weighted by Gasteiger charge is 2.35. The Bertz CT molecular complexity index is 850. The van der Waals surface area contributed by atoms with Crippen LogP contribution in [0.1, 0.15) is 80.8 Å². The molecule has 0 aliphatic heterocycles. The van der Waals surface area contributed by atoms with Gasteiger partial charge in [-0.1, -0.05) is 32.6 Å². The zero-order chi connectivity index (χ0) is 18.1. The highest BCUT2D eigenvalue weighted by Crippen LogP contribution is 2.43. The van der Waals surface area contributed by atoms with Gasteiger partial charge >= 0.3 is 0 Å². The Morgan fingerprint density at radius 2 is 1.81 bits per heavy atom. The molecular formula is C22H28N4. The maximum atomic E-state index is 10.2. The summed E-state index contributed by atoms with van der Waals surface area (Å²) in [4.78, 5) is 5.19. The molecule has 0 amide bonds. The molecule has 0 radical (unpaired) electrons. The van der Waals surface area contributed by atoms with E-state index in [1.807, 2.05) is 24.0 Å². The zero-order valence-electron chi connectivity index (χ0n) is 16.0. The van der Waals surface area contributed by atoms with Gasteiger partial charge in [-0.3, -0.25) is 9.67 Å². The van der Waals surface area contributed by atoms with E-state index in [4.69, 9.17) is 4.98 Å². The molecule has 0 N–H and O–H groups in total. The maximum Gasteiger partial charge on any atom is 0.102 e. The van der Waals surface area contributed by atoms with Gasteiger partial charge in [-0.2, -0.15) is 10.4 Å². The molecule has 2 aliphatic rings. The zero-order valence-corrected chi connectivity index (χ0v) is 16.0. The van der Waals surface area contributed by atoms with E-state index in [0.29, 0.717) is 0 Å². The van der Waals surface area contributed by atoms with E-state index in [9.17, 15) is 5.26 Å². The molecule has 4 heteroatoms. The monoisotopic (exact) mass is 348 g/mol. The van der Waals surface area contributed by atoms with E-state index in [1.54, 1.807) is 0 Å². The molecule has 2 heterocycles. The van der Waals surface area contributed by atoms with Crippen molar-refractivity contribution in [3.8, 4) is 17.3 Å². The van der Waals surface area contributed by atoms with Crippen LogP contribution >= 0.6 is 0 Å². The van der Waals surface area contributed by atoms with E-state index < -0.39 is 0 Å². The average molecular weight is 348 g/mol. The van der Waals surface area contributed by atoms with Crippen LogP contribution in [0.25, 0.3) is 11.3 Å². The summed E-state index contributed by atoms with van der Waals surface area (Å²) in [6, 6.07) is 4.62. The lowest BCUT2D eigenvalue weighted by Gasteiger charge is -2.35. The lowest BCUT2D eigenvalue weighted by molar-refractivity contribution is 0.311. The van der Waals surface area contributed by atoms with Crippen LogP contribution in [0.2, 0.25) is 0 Å². The number of pyridine rings is 1. The Morgan fingerprint density at radius 1 is 1.08 bits per heavy atom. The fourth-order valence-corrected chi connectivity index (χ4v) is 4.94. The Balaban J connectivity index is 2.00. The van der Waals surface area contributed by atoms with Gasteiger partial charge in [0.1, 0.15) is 6.07 Å². The highest BCUT2D eigenvalue weighted by atomic mass is 15.3. The fourth-order valence-electron chi connectivity index (χ4n) is 4.94. The number of hydrogen-bond donors (Lipinski definition) is 0. The SMILES string of the molecule is Cn1nccc1-c1c(C#N)c(C2(C)CCCCC2)nc2c1CCCCC2. The summed E-state index contributed by atoms with van der Waals surface area (Å²) in [6.45, 7) is 2.32. The number of aryl methyl sites for hydroxylation is 2. The smallest absolute Gasteiger partial charge is 0.102 e. The Hall–Kier alpha value is -2.15. The molecule has 4 nitrogen and oxygen atoms in total. The second-order valence-electron chi connectivity index (χ2n) is 8.27. The summed E-state index contributed by atoms with van der Waals surface area (Å²) in [5.41, 5.74) is 6.59. The molecular weight excluding hydrogens is 320 g/mol. The van der Waals surface area contributed by atoms with E-state index in [-0.39, 0.29) is 5.41 Å². The molecule has 2 aliphatic carbocycles. The third-order valence-electron chi connectivity index (χ3n) is 6.44. The predicted octanol–water partition coefficient (Wildman–Crippen LogP) is 4.84. The normalized spacial score (nSPS) is 19.4. The fraction of sp³-hybridized carbons (Fsp3) is 0.591. The van der Waals surface area contributed by atoms with Crippen LogP contribution in [-0.2, 0) is 25.3 Å². The second kappa shape index (κ2) is 6.87. The largest absolute Gasteiger partial charge is 0.268 e. The lowest BCUT2D eigenvalue weighted by Crippen LogP contribution is -2.29. The van der Waals surface area contributed by atoms with Gasteiger partial charge in [-0.05, 0) is 50.2 Å². The van der Waals surface area contributed by atoms with Crippen LogP contribution in [0, 0.1) is 11.3 Å². The minimum atomic E-state index is 0.0258. The summed E-state index contributed by atoms with van der Waals surface area (Å²) in [5.74, 6) is 0. The molecule has 0 atom stereocenters. The quantitative estimate of drug-likeness (QED) is 0.729. The van der Waals surface area contributed by atoms with Crippen molar-refractivity contribution in [3.05, 3.63) is 34.8 Å². The molecule has 0 aromatic carbocycles. The van der Waals surface area contributed by atoms with Crippen molar-refractivity contribution < 1.29 is 0 Å². The molecule has 1 fully saturated rings. The van der Waals surface area contributed by atoms with Crippen LogP contribution in [0.4, 0.5) is 0 Å². The molecule has 2 aromatic heterocycles. The van der Waals surface area contributed by atoms with Crippen molar-refractivity contribution in [3.63, 3.8) is 0 Å². The van der Waals surface area contributed by atoms with Crippen LogP contribution in [-0.4, -0.2) is 14.8 Å². The molecule has 0 unspecified atom stereocenters. The molecule has 1 saturated carbocycles. The molecule has 0 spiro atoms. The van der Waals surface area contributed by atoms with Gasteiger partial charge in [-0.15, -0.1) is 0 Å². The first-order valence-corrected chi connectivity index (χ1v) is 10.1. The first kappa shape index (κ1) is 17.3. The number of hydrogen-bond acceptors (Lipinski definition) is 3. The topological polar surface area (TPSA) is 54.5 Å². The third kappa shape index (κ3) is 2.84. The predicted molar refractivity (Wildman–Crippen MR) is 103 cm³/mol. The van der Waals surface area contributed by atoms with Gasteiger partial charge in [0.25, 0.3) is 0 Å². The van der Waals surface area contributed by atoms with Crippen LogP contribution in [0.5, 0.6) is 0 Å². The first-order valence-electron chi connectivity index (χ1n) is 10.1. The van der Waals surface area contributed by atoms with Gasteiger partial charge in [0.15, 0.2) is 0 Å². The van der Waals surface area contributed by atoms with Gasteiger partial charge < -0.3 is 0 Å². The van der Waals surface area contributed by atoms with Crippen LogP contribution < -0.4 is 0 Å². The molecule has 4 rings (SSSR count). The van der Waals surface area contributed by atoms with Crippen molar-refractivity contribution in [1.82, 2.24) is 14.8 Å².